The van der Waals surface area contributed by atoms with Crippen molar-refractivity contribution in [3.8, 4) is 5.88 Å². The molecule has 0 aliphatic rings. The normalized spacial score (nSPS) is 10.8. The summed E-state index contributed by atoms with van der Waals surface area (Å²) in [7, 11) is 0. The summed E-state index contributed by atoms with van der Waals surface area (Å²) >= 11 is 0. The molecule has 0 amide bonds. The van der Waals surface area contributed by atoms with E-state index in [1.807, 2.05) is 49.4 Å². The van der Waals surface area contributed by atoms with Crippen LogP contribution in [0.4, 0.5) is 0 Å². The molecule has 0 bridgehead atoms. The summed E-state index contributed by atoms with van der Waals surface area (Å²) in [6.07, 6.45) is 0.371. The Morgan fingerprint density at radius 2 is 1.85 bits per heavy atom. The molecule has 0 saturated carbocycles. The number of aromatic nitrogens is 2. The number of nitrogens with zero attached hydrogens (tertiary/aromatic N) is 2. The number of benzene rings is 1. The summed E-state index contributed by atoms with van der Waals surface area (Å²) in [6, 6.07) is 14.9. The molecule has 3 rings (SSSR count). The first-order valence-electron chi connectivity index (χ1n) is 6.41. The standard InChI is InChI=1S/C16H14N2O2/c1-11-6-5-9-14-17-15(19)13(16(20)18(11)14)10-12-7-3-2-4-8-12/h2-9,19H,10H2,1H3. The van der Waals surface area contributed by atoms with Gasteiger partial charge in [-0.25, -0.2) is 0 Å². The Labute approximate surface area is 116 Å². The smallest absolute Gasteiger partial charge is 0.265 e. The molecule has 4 nitrogen and oxygen atoms in total. The fourth-order valence-electron chi connectivity index (χ4n) is 2.32. The van der Waals surface area contributed by atoms with Crippen LogP contribution in [0.15, 0.2) is 53.3 Å². The highest BCUT2D eigenvalue weighted by Crippen LogP contribution is 2.16. The van der Waals surface area contributed by atoms with Crippen molar-refractivity contribution < 1.29 is 5.11 Å². The second-order valence-corrected chi connectivity index (χ2v) is 4.74. The number of rotatable bonds is 2. The van der Waals surface area contributed by atoms with E-state index < -0.39 is 0 Å². The van der Waals surface area contributed by atoms with E-state index in [0.717, 1.165) is 11.3 Å². The average molecular weight is 266 g/mol. The maximum Gasteiger partial charge on any atom is 0.265 e. The molecule has 0 radical (unpaired) electrons. The van der Waals surface area contributed by atoms with Crippen LogP contribution in [0.2, 0.25) is 0 Å². The van der Waals surface area contributed by atoms with Gasteiger partial charge in [-0.2, -0.15) is 4.98 Å². The maximum atomic E-state index is 12.5. The van der Waals surface area contributed by atoms with Crippen LogP contribution >= 0.6 is 0 Å². The van der Waals surface area contributed by atoms with E-state index >= 15 is 0 Å². The van der Waals surface area contributed by atoms with E-state index in [9.17, 15) is 9.90 Å². The quantitative estimate of drug-likeness (QED) is 0.774. The minimum absolute atomic E-state index is 0.190. The van der Waals surface area contributed by atoms with Crippen molar-refractivity contribution in [1.29, 1.82) is 0 Å². The van der Waals surface area contributed by atoms with E-state index in [-0.39, 0.29) is 11.4 Å². The summed E-state index contributed by atoms with van der Waals surface area (Å²) in [4.78, 5) is 16.6. The molecule has 1 aromatic carbocycles. The highest BCUT2D eigenvalue weighted by atomic mass is 16.3. The second kappa shape index (κ2) is 4.81. The topological polar surface area (TPSA) is 54.6 Å². The first-order valence-corrected chi connectivity index (χ1v) is 6.41. The third-order valence-corrected chi connectivity index (χ3v) is 3.34. The van der Waals surface area contributed by atoms with Crippen LogP contribution in [0.25, 0.3) is 5.65 Å². The van der Waals surface area contributed by atoms with Crippen LogP contribution in [-0.4, -0.2) is 14.5 Å². The number of hydrogen-bond donors (Lipinski definition) is 1. The van der Waals surface area contributed by atoms with Gasteiger partial charge in [0.1, 0.15) is 5.65 Å². The molecule has 2 aromatic heterocycles. The Balaban J connectivity index is 2.21. The van der Waals surface area contributed by atoms with Crippen LogP contribution in [0, 0.1) is 6.92 Å². The minimum atomic E-state index is -0.213. The van der Waals surface area contributed by atoms with Gasteiger partial charge >= 0.3 is 0 Å². The maximum absolute atomic E-state index is 12.5. The van der Waals surface area contributed by atoms with E-state index in [2.05, 4.69) is 4.98 Å². The van der Waals surface area contributed by atoms with Gasteiger partial charge in [0.15, 0.2) is 0 Å². The second-order valence-electron chi connectivity index (χ2n) is 4.74. The van der Waals surface area contributed by atoms with Crippen LogP contribution in [0.5, 0.6) is 5.88 Å². The zero-order chi connectivity index (χ0) is 14.1. The van der Waals surface area contributed by atoms with Crippen molar-refractivity contribution in [3.63, 3.8) is 0 Å². The van der Waals surface area contributed by atoms with Crippen LogP contribution in [-0.2, 0) is 6.42 Å². The Kier molecular flexibility index (Phi) is 2.99. The molecule has 4 heteroatoms. The molecule has 0 atom stereocenters. The van der Waals surface area contributed by atoms with Crippen molar-refractivity contribution in [2.75, 3.05) is 0 Å². The summed E-state index contributed by atoms with van der Waals surface area (Å²) < 4.78 is 1.53. The molecule has 20 heavy (non-hydrogen) atoms. The molecule has 0 fully saturated rings. The van der Waals surface area contributed by atoms with Gasteiger partial charge < -0.3 is 5.11 Å². The minimum Gasteiger partial charge on any atom is -0.493 e. The van der Waals surface area contributed by atoms with Crippen LogP contribution < -0.4 is 5.56 Å². The molecule has 0 aliphatic heterocycles. The molecule has 0 spiro atoms. The molecule has 0 aliphatic carbocycles. The number of hydrogen-bond acceptors (Lipinski definition) is 3. The predicted molar refractivity (Wildman–Crippen MR) is 77.1 cm³/mol. The number of aromatic hydroxyl groups is 1. The van der Waals surface area contributed by atoms with E-state index in [1.165, 1.54) is 4.40 Å². The zero-order valence-electron chi connectivity index (χ0n) is 11.1. The molecule has 100 valence electrons. The van der Waals surface area contributed by atoms with Gasteiger partial charge in [-0.15, -0.1) is 0 Å². The molecular weight excluding hydrogens is 252 g/mol. The highest BCUT2D eigenvalue weighted by molar-refractivity contribution is 5.45. The Hall–Kier alpha value is -2.62. The third kappa shape index (κ3) is 2.05. The van der Waals surface area contributed by atoms with Gasteiger partial charge in [0.25, 0.3) is 5.56 Å². The fraction of sp³-hybridized carbons (Fsp3) is 0.125. The lowest BCUT2D eigenvalue weighted by Gasteiger charge is -2.08. The molecular formula is C16H14N2O2. The fourth-order valence-corrected chi connectivity index (χ4v) is 2.32. The van der Waals surface area contributed by atoms with E-state index in [0.29, 0.717) is 17.6 Å². The summed E-state index contributed by atoms with van der Waals surface area (Å²) in [5, 5.41) is 10.0. The van der Waals surface area contributed by atoms with Crippen molar-refractivity contribution in [2.24, 2.45) is 0 Å². The third-order valence-electron chi connectivity index (χ3n) is 3.34. The highest BCUT2D eigenvalue weighted by Gasteiger charge is 2.13. The van der Waals surface area contributed by atoms with Gasteiger partial charge in [-0.1, -0.05) is 36.4 Å². The Bertz CT molecular complexity index is 823. The molecule has 0 unspecified atom stereocenters. The monoisotopic (exact) mass is 266 g/mol. The van der Waals surface area contributed by atoms with Crippen molar-refractivity contribution in [2.45, 2.75) is 13.3 Å². The first kappa shape index (κ1) is 12.4. The van der Waals surface area contributed by atoms with Crippen LogP contribution in [0.1, 0.15) is 16.8 Å². The molecule has 0 saturated heterocycles. The van der Waals surface area contributed by atoms with E-state index in [4.69, 9.17) is 0 Å². The SMILES string of the molecule is Cc1cccc2nc(O)c(Cc3ccccc3)c(=O)n12. The van der Waals surface area contributed by atoms with Gasteiger partial charge in [0.2, 0.25) is 5.88 Å². The lowest BCUT2D eigenvalue weighted by molar-refractivity contribution is 0.446. The average Bonchev–Trinajstić information content (AvgIpc) is 2.44. The number of fused-ring (bicyclic) bond motifs is 1. The van der Waals surface area contributed by atoms with Gasteiger partial charge in [0, 0.05) is 12.1 Å². The van der Waals surface area contributed by atoms with Crippen molar-refractivity contribution in [3.05, 3.63) is 75.7 Å². The molecule has 2 heterocycles. The zero-order valence-corrected chi connectivity index (χ0v) is 11.1. The van der Waals surface area contributed by atoms with Crippen LogP contribution in [0.3, 0.4) is 0 Å². The lowest BCUT2D eigenvalue weighted by Crippen LogP contribution is -2.21. The number of pyridine rings is 1. The Morgan fingerprint density at radius 3 is 2.60 bits per heavy atom. The largest absolute Gasteiger partial charge is 0.493 e. The van der Waals surface area contributed by atoms with E-state index in [1.54, 1.807) is 6.07 Å². The summed E-state index contributed by atoms with van der Waals surface area (Å²) in [5.74, 6) is -0.190. The lowest BCUT2D eigenvalue weighted by atomic mass is 10.1. The first-order chi connectivity index (χ1) is 9.66. The molecule has 3 aromatic rings. The summed E-state index contributed by atoms with van der Waals surface area (Å²) in [6.45, 7) is 1.85. The van der Waals surface area contributed by atoms with Gasteiger partial charge in [0.05, 0.1) is 5.56 Å². The Morgan fingerprint density at radius 1 is 1.10 bits per heavy atom. The van der Waals surface area contributed by atoms with Crippen molar-refractivity contribution in [1.82, 2.24) is 9.38 Å². The van der Waals surface area contributed by atoms with Crippen molar-refractivity contribution >= 4 is 5.65 Å². The van der Waals surface area contributed by atoms with Gasteiger partial charge in [-0.3, -0.25) is 9.20 Å². The predicted octanol–water partition coefficient (Wildman–Crippen LogP) is 2.30. The molecule has 1 N–H and O–H groups in total. The summed E-state index contributed by atoms with van der Waals surface area (Å²) in [5.41, 5.74) is 2.34. The van der Waals surface area contributed by atoms with Gasteiger partial charge in [-0.05, 0) is 24.6 Å². The number of aryl methyl sites for hydroxylation is 1.